The molecule has 0 bridgehead atoms. The SMILES string of the molecule is COc1ccc(C)cc1NC(=O)c1ccc2c(c1)C(O)CCCCCN2C. The molecular formula is C22H28N2O3. The fourth-order valence-electron chi connectivity index (χ4n) is 3.56. The number of hydrogen-bond donors (Lipinski definition) is 2. The monoisotopic (exact) mass is 368 g/mol. The van der Waals surface area contributed by atoms with Gasteiger partial charge in [0.25, 0.3) is 5.91 Å². The number of benzene rings is 2. The van der Waals surface area contributed by atoms with Crippen molar-refractivity contribution < 1.29 is 14.6 Å². The zero-order valence-corrected chi connectivity index (χ0v) is 16.3. The van der Waals surface area contributed by atoms with Gasteiger partial charge in [0.2, 0.25) is 0 Å². The quantitative estimate of drug-likeness (QED) is 0.848. The third-order valence-electron chi connectivity index (χ3n) is 5.13. The van der Waals surface area contributed by atoms with Crippen molar-refractivity contribution in [2.75, 3.05) is 30.9 Å². The van der Waals surface area contributed by atoms with Gasteiger partial charge in [0, 0.05) is 30.4 Å². The number of ether oxygens (including phenoxy) is 1. The molecule has 144 valence electrons. The van der Waals surface area contributed by atoms with Crippen LogP contribution in [-0.4, -0.2) is 31.7 Å². The van der Waals surface area contributed by atoms with E-state index >= 15 is 0 Å². The minimum absolute atomic E-state index is 0.212. The van der Waals surface area contributed by atoms with Gasteiger partial charge in [-0.15, -0.1) is 0 Å². The second-order valence-corrected chi connectivity index (χ2v) is 7.22. The molecule has 2 aromatic rings. The highest BCUT2D eigenvalue weighted by molar-refractivity contribution is 6.05. The number of anilines is 2. The summed E-state index contributed by atoms with van der Waals surface area (Å²) < 4.78 is 5.34. The molecule has 0 saturated heterocycles. The number of methoxy groups -OCH3 is 1. The molecule has 0 spiro atoms. The molecule has 5 heteroatoms. The summed E-state index contributed by atoms with van der Waals surface area (Å²) in [5.41, 5.74) is 4.03. The van der Waals surface area contributed by atoms with Gasteiger partial charge in [0.1, 0.15) is 5.75 Å². The number of nitrogens with one attached hydrogen (secondary N) is 1. The maximum atomic E-state index is 12.8. The largest absolute Gasteiger partial charge is 0.495 e. The molecule has 0 fully saturated rings. The lowest BCUT2D eigenvalue weighted by Gasteiger charge is -2.24. The summed E-state index contributed by atoms with van der Waals surface area (Å²) in [6.45, 7) is 2.92. The van der Waals surface area contributed by atoms with Crippen molar-refractivity contribution >= 4 is 17.3 Å². The van der Waals surface area contributed by atoms with Crippen LogP contribution in [0.15, 0.2) is 36.4 Å². The van der Waals surface area contributed by atoms with Crippen LogP contribution in [0.3, 0.4) is 0 Å². The molecule has 1 aliphatic rings. The first-order valence-corrected chi connectivity index (χ1v) is 9.48. The molecule has 0 saturated carbocycles. The Kier molecular flexibility index (Phi) is 6.01. The minimum atomic E-state index is -0.554. The van der Waals surface area contributed by atoms with Crippen LogP contribution in [0.1, 0.15) is 53.3 Å². The molecule has 1 heterocycles. The molecule has 0 radical (unpaired) electrons. The molecule has 27 heavy (non-hydrogen) atoms. The Labute approximate surface area is 161 Å². The summed E-state index contributed by atoms with van der Waals surface area (Å²) in [5.74, 6) is 0.410. The molecule has 1 atom stereocenters. The van der Waals surface area contributed by atoms with Gasteiger partial charge >= 0.3 is 0 Å². The van der Waals surface area contributed by atoms with E-state index in [0.29, 0.717) is 17.0 Å². The standard InChI is InChI=1S/C22H28N2O3/c1-15-8-11-21(27-3)18(13-15)23-22(26)16-9-10-19-17(14-16)20(25)7-5-4-6-12-24(19)2/h8-11,13-14,20,25H,4-7,12H2,1-3H3,(H,23,26). The van der Waals surface area contributed by atoms with Crippen LogP contribution >= 0.6 is 0 Å². The number of rotatable bonds is 3. The van der Waals surface area contributed by atoms with E-state index in [9.17, 15) is 9.90 Å². The van der Waals surface area contributed by atoms with E-state index in [-0.39, 0.29) is 5.91 Å². The van der Waals surface area contributed by atoms with Crippen LogP contribution in [0.25, 0.3) is 0 Å². The van der Waals surface area contributed by atoms with E-state index in [1.165, 1.54) is 0 Å². The summed E-state index contributed by atoms with van der Waals surface area (Å²) in [5, 5.41) is 13.6. The Morgan fingerprint density at radius 3 is 2.78 bits per heavy atom. The Bertz CT molecular complexity index is 819. The van der Waals surface area contributed by atoms with Crippen molar-refractivity contribution in [1.29, 1.82) is 0 Å². The second kappa shape index (κ2) is 8.44. The first-order chi connectivity index (χ1) is 13.0. The zero-order valence-electron chi connectivity index (χ0n) is 16.3. The highest BCUT2D eigenvalue weighted by Crippen LogP contribution is 2.32. The molecule has 1 unspecified atom stereocenters. The maximum Gasteiger partial charge on any atom is 0.255 e. The average Bonchev–Trinajstić information content (AvgIpc) is 2.72. The number of fused-ring (bicyclic) bond motifs is 1. The third kappa shape index (κ3) is 4.42. The number of carbonyl (C=O) groups is 1. The van der Waals surface area contributed by atoms with E-state index in [4.69, 9.17) is 4.74 Å². The van der Waals surface area contributed by atoms with Gasteiger partial charge < -0.3 is 20.1 Å². The van der Waals surface area contributed by atoms with E-state index in [0.717, 1.165) is 49.0 Å². The van der Waals surface area contributed by atoms with Crippen molar-refractivity contribution in [3.8, 4) is 5.75 Å². The molecule has 0 aromatic heterocycles. The average molecular weight is 368 g/mol. The van der Waals surface area contributed by atoms with Gasteiger partial charge in [-0.05, 0) is 55.7 Å². The van der Waals surface area contributed by atoms with Crippen LogP contribution < -0.4 is 15.0 Å². The molecule has 0 aliphatic carbocycles. The summed E-state index contributed by atoms with van der Waals surface area (Å²) in [6.07, 6.45) is 3.37. The second-order valence-electron chi connectivity index (χ2n) is 7.22. The zero-order chi connectivity index (χ0) is 19.4. The first-order valence-electron chi connectivity index (χ1n) is 9.48. The van der Waals surface area contributed by atoms with E-state index in [1.807, 2.05) is 50.4 Å². The van der Waals surface area contributed by atoms with Gasteiger partial charge in [-0.3, -0.25) is 4.79 Å². The number of aryl methyl sites for hydroxylation is 1. The summed E-state index contributed by atoms with van der Waals surface area (Å²) >= 11 is 0. The molecule has 3 rings (SSSR count). The van der Waals surface area contributed by atoms with Crippen LogP contribution in [0.4, 0.5) is 11.4 Å². The van der Waals surface area contributed by atoms with E-state index < -0.39 is 6.10 Å². The predicted octanol–water partition coefficient (Wildman–Crippen LogP) is 4.30. The van der Waals surface area contributed by atoms with Crippen molar-refractivity contribution in [3.05, 3.63) is 53.1 Å². The molecule has 1 amide bonds. The number of aliphatic hydroxyl groups is 1. The predicted molar refractivity (Wildman–Crippen MR) is 109 cm³/mol. The number of nitrogens with zero attached hydrogens (tertiary/aromatic N) is 1. The van der Waals surface area contributed by atoms with Crippen molar-refractivity contribution in [3.63, 3.8) is 0 Å². The van der Waals surface area contributed by atoms with Gasteiger partial charge in [-0.1, -0.05) is 18.9 Å². The smallest absolute Gasteiger partial charge is 0.255 e. The number of amides is 1. The molecule has 2 aromatic carbocycles. The minimum Gasteiger partial charge on any atom is -0.495 e. The summed E-state index contributed by atoms with van der Waals surface area (Å²) in [6, 6.07) is 11.2. The highest BCUT2D eigenvalue weighted by atomic mass is 16.5. The van der Waals surface area contributed by atoms with Gasteiger partial charge in [-0.2, -0.15) is 0 Å². The maximum absolute atomic E-state index is 12.8. The Balaban J connectivity index is 1.90. The summed E-state index contributed by atoms with van der Waals surface area (Å²) in [4.78, 5) is 15.0. The fraction of sp³-hybridized carbons (Fsp3) is 0.409. The Hall–Kier alpha value is -2.53. The first kappa shape index (κ1) is 19.2. The third-order valence-corrected chi connectivity index (χ3v) is 5.13. The van der Waals surface area contributed by atoms with Crippen LogP contribution in [0.2, 0.25) is 0 Å². The molecule has 2 N–H and O–H groups in total. The van der Waals surface area contributed by atoms with Gasteiger partial charge in [-0.25, -0.2) is 0 Å². The molecule has 1 aliphatic heterocycles. The highest BCUT2D eigenvalue weighted by Gasteiger charge is 2.20. The fourth-order valence-corrected chi connectivity index (χ4v) is 3.56. The van der Waals surface area contributed by atoms with Gasteiger partial charge in [0.05, 0.1) is 18.9 Å². The molecular weight excluding hydrogens is 340 g/mol. The Morgan fingerprint density at radius 2 is 2.00 bits per heavy atom. The lowest BCUT2D eigenvalue weighted by molar-refractivity contribution is 0.102. The van der Waals surface area contributed by atoms with E-state index in [2.05, 4.69) is 10.2 Å². The number of aliphatic hydroxyl groups excluding tert-OH is 1. The van der Waals surface area contributed by atoms with E-state index in [1.54, 1.807) is 7.11 Å². The van der Waals surface area contributed by atoms with Crippen LogP contribution in [-0.2, 0) is 0 Å². The lowest BCUT2D eigenvalue weighted by atomic mass is 9.99. The van der Waals surface area contributed by atoms with Crippen molar-refractivity contribution in [1.82, 2.24) is 0 Å². The lowest BCUT2D eigenvalue weighted by Crippen LogP contribution is -2.21. The normalized spacial score (nSPS) is 17.3. The van der Waals surface area contributed by atoms with Gasteiger partial charge in [0.15, 0.2) is 0 Å². The summed E-state index contributed by atoms with van der Waals surface area (Å²) in [7, 11) is 3.62. The van der Waals surface area contributed by atoms with Crippen molar-refractivity contribution in [2.45, 2.75) is 38.7 Å². The Morgan fingerprint density at radius 1 is 1.19 bits per heavy atom. The number of hydrogen-bond acceptors (Lipinski definition) is 4. The number of carbonyl (C=O) groups excluding carboxylic acids is 1. The molecule has 5 nitrogen and oxygen atoms in total. The van der Waals surface area contributed by atoms with Crippen molar-refractivity contribution in [2.24, 2.45) is 0 Å². The van der Waals surface area contributed by atoms with Crippen LogP contribution in [0.5, 0.6) is 5.75 Å². The topological polar surface area (TPSA) is 61.8 Å². The van der Waals surface area contributed by atoms with Crippen LogP contribution in [0, 0.1) is 6.92 Å².